The number of aromatic nitrogens is 4. The maximum atomic E-state index is 9.97. The summed E-state index contributed by atoms with van der Waals surface area (Å²) in [5.41, 5.74) is 4.63. The Bertz CT molecular complexity index is 1220. The van der Waals surface area contributed by atoms with Crippen LogP contribution in [-0.2, 0) is 6.54 Å². The molecule has 0 aliphatic rings. The molecule has 8 heteroatoms. The molecule has 0 radical (unpaired) electrons. The van der Waals surface area contributed by atoms with Crippen molar-refractivity contribution in [3.63, 3.8) is 0 Å². The van der Waals surface area contributed by atoms with Gasteiger partial charge in [0.25, 0.3) is 0 Å². The maximum absolute atomic E-state index is 9.97. The van der Waals surface area contributed by atoms with Crippen molar-refractivity contribution in [2.75, 3.05) is 32.1 Å². The SMILES string of the molecule is CNCC(O)COc1cccc(-c2cc(N(C)Cc3ccccn3)c3cnn(C(C)C)c3n2)c1. The van der Waals surface area contributed by atoms with Gasteiger partial charge in [0.2, 0.25) is 0 Å². The average molecular weight is 461 g/mol. The molecule has 1 aromatic carbocycles. The van der Waals surface area contributed by atoms with E-state index in [1.54, 1.807) is 7.05 Å². The molecule has 0 bridgehead atoms. The van der Waals surface area contributed by atoms with Crippen LogP contribution >= 0.6 is 0 Å². The van der Waals surface area contributed by atoms with E-state index >= 15 is 0 Å². The topological polar surface area (TPSA) is 88.3 Å². The highest BCUT2D eigenvalue weighted by atomic mass is 16.5. The Hall–Kier alpha value is -3.49. The zero-order valence-electron chi connectivity index (χ0n) is 20.1. The van der Waals surface area contributed by atoms with Gasteiger partial charge < -0.3 is 20.1 Å². The zero-order chi connectivity index (χ0) is 24.1. The molecule has 178 valence electrons. The Kier molecular flexibility index (Phi) is 7.40. The van der Waals surface area contributed by atoms with Crippen molar-refractivity contribution in [2.24, 2.45) is 0 Å². The normalized spacial score (nSPS) is 12.3. The molecule has 4 aromatic rings. The number of aliphatic hydroxyl groups is 1. The summed E-state index contributed by atoms with van der Waals surface area (Å²) in [6.45, 7) is 5.56. The molecule has 0 fully saturated rings. The first-order valence-corrected chi connectivity index (χ1v) is 11.5. The Morgan fingerprint density at radius 1 is 1.15 bits per heavy atom. The second-order valence-electron chi connectivity index (χ2n) is 8.67. The molecule has 4 rings (SSSR count). The summed E-state index contributed by atoms with van der Waals surface area (Å²) < 4.78 is 7.77. The average Bonchev–Trinajstić information content (AvgIpc) is 3.27. The number of nitrogens with zero attached hydrogens (tertiary/aromatic N) is 5. The van der Waals surface area contributed by atoms with Crippen molar-refractivity contribution >= 4 is 16.7 Å². The minimum Gasteiger partial charge on any atom is -0.491 e. The number of likely N-dealkylation sites (N-methyl/N-ethyl adjacent to an activating group) is 1. The molecule has 1 unspecified atom stereocenters. The van der Waals surface area contributed by atoms with Crippen molar-refractivity contribution in [2.45, 2.75) is 32.5 Å². The Labute approximate surface area is 200 Å². The highest BCUT2D eigenvalue weighted by Gasteiger charge is 2.17. The van der Waals surface area contributed by atoms with E-state index in [1.807, 2.05) is 59.5 Å². The van der Waals surface area contributed by atoms with E-state index < -0.39 is 6.10 Å². The molecule has 0 spiro atoms. The smallest absolute Gasteiger partial charge is 0.160 e. The summed E-state index contributed by atoms with van der Waals surface area (Å²) in [4.78, 5) is 11.6. The highest BCUT2D eigenvalue weighted by Crippen LogP contribution is 2.33. The first-order valence-electron chi connectivity index (χ1n) is 11.5. The summed E-state index contributed by atoms with van der Waals surface area (Å²) >= 11 is 0. The molecule has 8 nitrogen and oxygen atoms in total. The molecule has 0 aliphatic heterocycles. The molecule has 2 N–H and O–H groups in total. The van der Waals surface area contributed by atoms with Crippen molar-refractivity contribution < 1.29 is 9.84 Å². The van der Waals surface area contributed by atoms with Crippen LogP contribution in [0.3, 0.4) is 0 Å². The predicted molar refractivity (Wildman–Crippen MR) is 135 cm³/mol. The third-order valence-electron chi connectivity index (χ3n) is 5.58. The number of anilines is 1. The Morgan fingerprint density at radius 3 is 2.74 bits per heavy atom. The van der Waals surface area contributed by atoms with Crippen LogP contribution in [0.5, 0.6) is 5.75 Å². The van der Waals surface area contributed by atoms with E-state index in [1.165, 1.54) is 0 Å². The van der Waals surface area contributed by atoms with E-state index in [2.05, 4.69) is 47.3 Å². The maximum Gasteiger partial charge on any atom is 0.160 e. The molecule has 34 heavy (non-hydrogen) atoms. The number of fused-ring (bicyclic) bond motifs is 1. The molecule has 0 saturated carbocycles. The summed E-state index contributed by atoms with van der Waals surface area (Å²) in [5, 5.41) is 18.5. The summed E-state index contributed by atoms with van der Waals surface area (Å²) in [7, 11) is 3.86. The fourth-order valence-electron chi connectivity index (χ4n) is 3.90. The van der Waals surface area contributed by atoms with Gasteiger partial charge in [-0.05, 0) is 51.2 Å². The van der Waals surface area contributed by atoms with Crippen LogP contribution in [0.1, 0.15) is 25.6 Å². The largest absolute Gasteiger partial charge is 0.491 e. The third-order valence-corrected chi connectivity index (χ3v) is 5.58. The number of hydrogen-bond acceptors (Lipinski definition) is 7. The summed E-state index contributed by atoms with van der Waals surface area (Å²) in [5.74, 6) is 0.690. The number of rotatable bonds is 10. The van der Waals surface area contributed by atoms with Crippen LogP contribution in [0.25, 0.3) is 22.3 Å². The quantitative estimate of drug-likeness (QED) is 0.373. The lowest BCUT2D eigenvalue weighted by Crippen LogP contribution is -2.29. The number of nitrogens with one attached hydrogen (secondary N) is 1. The molecule has 0 aliphatic carbocycles. The van der Waals surface area contributed by atoms with Gasteiger partial charge in [0.05, 0.1) is 35.2 Å². The molecule has 3 heterocycles. The van der Waals surface area contributed by atoms with Gasteiger partial charge in [-0.3, -0.25) is 4.98 Å². The Balaban J connectivity index is 1.71. The summed E-state index contributed by atoms with van der Waals surface area (Å²) in [6.07, 6.45) is 3.13. The van der Waals surface area contributed by atoms with Crippen molar-refractivity contribution in [1.29, 1.82) is 0 Å². The van der Waals surface area contributed by atoms with Crippen LogP contribution in [-0.4, -0.2) is 58.2 Å². The number of benzene rings is 1. The molecule has 0 amide bonds. The van der Waals surface area contributed by atoms with Crippen molar-refractivity contribution in [1.82, 2.24) is 25.1 Å². The predicted octanol–water partition coefficient (Wildman–Crippen LogP) is 3.67. The second kappa shape index (κ2) is 10.6. The lowest BCUT2D eigenvalue weighted by Gasteiger charge is -2.21. The van der Waals surface area contributed by atoms with Crippen LogP contribution in [0.4, 0.5) is 5.69 Å². The molecule has 3 aromatic heterocycles. The standard InChI is InChI=1S/C26H32N6O2/c1-18(2)32-26-23(15-29-32)25(31(4)16-20-9-5-6-11-28-20)13-24(30-26)19-8-7-10-22(12-19)34-17-21(33)14-27-3/h5-13,15,18,21,27,33H,14,16-17H2,1-4H3. The highest BCUT2D eigenvalue weighted by molar-refractivity contribution is 5.92. The van der Waals surface area contributed by atoms with E-state index in [0.29, 0.717) is 18.8 Å². The molecule has 1 atom stereocenters. The number of ether oxygens (including phenoxy) is 1. The van der Waals surface area contributed by atoms with Gasteiger partial charge in [0.1, 0.15) is 18.5 Å². The van der Waals surface area contributed by atoms with E-state index in [0.717, 1.165) is 33.7 Å². The molecular formula is C26H32N6O2. The van der Waals surface area contributed by atoms with E-state index in [-0.39, 0.29) is 12.6 Å². The van der Waals surface area contributed by atoms with Gasteiger partial charge >= 0.3 is 0 Å². The first-order chi connectivity index (χ1) is 16.5. The van der Waals surface area contributed by atoms with Gasteiger partial charge in [0.15, 0.2) is 5.65 Å². The minimum absolute atomic E-state index is 0.178. The van der Waals surface area contributed by atoms with Gasteiger partial charge in [-0.2, -0.15) is 5.10 Å². The van der Waals surface area contributed by atoms with Gasteiger partial charge in [-0.1, -0.05) is 18.2 Å². The lowest BCUT2D eigenvalue weighted by molar-refractivity contribution is 0.108. The molecule has 0 saturated heterocycles. The second-order valence-corrected chi connectivity index (χ2v) is 8.67. The lowest BCUT2D eigenvalue weighted by atomic mass is 10.1. The number of aliphatic hydroxyl groups excluding tert-OH is 1. The van der Waals surface area contributed by atoms with E-state index in [9.17, 15) is 5.11 Å². The van der Waals surface area contributed by atoms with Gasteiger partial charge in [0, 0.05) is 31.4 Å². The fraction of sp³-hybridized carbons (Fsp3) is 0.346. The number of pyridine rings is 2. The zero-order valence-corrected chi connectivity index (χ0v) is 20.1. The van der Waals surface area contributed by atoms with Crippen LogP contribution in [0.2, 0.25) is 0 Å². The monoisotopic (exact) mass is 460 g/mol. The van der Waals surface area contributed by atoms with Gasteiger partial charge in [-0.25, -0.2) is 9.67 Å². The summed E-state index contributed by atoms with van der Waals surface area (Å²) in [6, 6.07) is 16.0. The van der Waals surface area contributed by atoms with Crippen LogP contribution in [0.15, 0.2) is 60.9 Å². The number of hydrogen-bond donors (Lipinski definition) is 2. The van der Waals surface area contributed by atoms with Crippen molar-refractivity contribution in [3.05, 3.63) is 66.6 Å². The third kappa shape index (κ3) is 5.35. The fourth-order valence-corrected chi connectivity index (χ4v) is 3.90. The minimum atomic E-state index is -0.574. The van der Waals surface area contributed by atoms with E-state index in [4.69, 9.17) is 9.72 Å². The van der Waals surface area contributed by atoms with Gasteiger partial charge in [-0.15, -0.1) is 0 Å². The van der Waals surface area contributed by atoms with Crippen molar-refractivity contribution in [3.8, 4) is 17.0 Å². The first kappa shape index (κ1) is 23.7. The van der Waals surface area contributed by atoms with Crippen LogP contribution in [0, 0.1) is 0 Å². The molecular weight excluding hydrogens is 428 g/mol. The van der Waals surface area contributed by atoms with Crippen LogP contribution < -0.4 is 15.0 Å². The Morgan fingerprint density at radius 2 is 2.00 bits per heavy atom.